The van der Waals surface area contributed by atoms with E-state index in [9.17, 15) is 9.59 Å². The number of H-pyrrole nitrogens is 2. The smallest absolute Gasteiger partial charge is 0.407 e. The molecule has 1 aliphatic rings. The second kappa shape index (κ2) is 12.5. The number of nitrogens with one attached hydrogen (secondary N) is 3. The molecule has 1 aliphatic heterocycles. The summed E-state index contributed by atoms with van der Waals surface area (Å²) in [5.74, 6) is 1.80. The summed E-state index contributed by atoms with van der Waals surface area (Å²) in [5, 5.41) is 2.70. The first kappa shape index (κ1) is 28.7. The zero-order chi connectivity index (χ0) is 30.6. The molecule has 6 rings (SSSR count). The minimum Gasteiger partial charge on any atom is -0.453 e. The number of imidazole rings is 2. The Hall–Kier alpha value is -5.36. The van der Waals surface area contributed by atoms with Gasteiger partial charge < -0.3 is 30.7 Å². The van der Waals surface area contributed by atoms with Gasteiger partial charge in [-0.2, -0.15) is 0 Å². The molecule has 0 radical (unpaired) electrons. The van der Waals surface area contributed by atoms with Crippen molar-refractivity contribution in [1.82, 2.24) is 40.1 Å². The highest BCUT2D eigenvalue weighted by Gasteiger charge is 2.37. The molecular formula is C32H33N9O3. The van der Waals surface area contributed by atoms with E-state index in [1.807, 2.05) is 61.5 Å². The van der Waals surface area contributed by atoms with Gasteiger partial charge >= 0.3 is 6.09 Å². The number of nitrogens with two attached hydrogens (primary N) is 1. The van der Waals surface area contributed by atoms with Gasteiger partial charge in [-0.05, 0) is 30.9 Å². The van der Waals surface area contributed by atoms with Crippen molar-refractivity contribution in [3.63, 3.8) is 0 Å². The molecule has 12 heteroatoms. The Labute approximate surface area is 254 Å². The monoisotopic (exact) mass is 591 g/mol. The predicted molar refractivity (Wildman–Crippen MR) is 164 cm³/mol. The van der Waals surface area contributed by atoms with Crippen LogP contribution in [0.1, 0.15) is 55.1 Å². The lowest BCUT2D eigenvalue weighted by Crippen LogP contribution is -2.42. The van der Waals surface area contributed by atoms with Crippen LogP contribution >= 0.6 is 0 Å². The van der Waals surface area contributed by atoms with E-state index >= 15 is 0 Å². The molecule has 2 amide bonds. The van der Waals surface area contributed by atoms with Crippen molar-refractivity contribution in [3.8, 4) is 33.9 Å². The average Bonchev–Trinajstić information content (AvgIpc) is 3.85. The van der Waals surface area contributed by atoms with Gasteiger partial charge in [0.1, 0.15) is 17.7 Å². The second-order valence-electron chi connectivity index (χ2n) is 10.7. The van der Waals surface area contributed by atoms with Crippen LogP contribution < -0.4 is 11.1 Å². The molecule has 0 aliphatic carbocycles. The van der Waals surface area contributed by atoms with Crippen molar-refractivity contribution in [3.05, 3.63) is 96.6 Å². The number of amides is 2. The minimum absolute atomic E-state index is 0.185. The summed E-state index contributed by atoms with van der Waals surface area (Å²) >= 11 is 0. The summed E-state index contributed by atoms with van der Waals surface area (Å²) in [6.07, 6.45) is 7.94. The Kier molecular flexibility index (Phi) is 8.15. The highest BCUT2D eigenvalue weighted by atomic mass is 16.5. The van der Waals surface area contributed by atoms with Gasteiger partial charge in [0.05, 0.1) is 43.0 Å². The molecule has 0 bridgehead atoms. The standard InChI is InChI=1S/C32H33N9O3/c1-19(33)28-36-18-25(38-28)23-15-34-29(35-16-23)22-12-10-20(11-13-22)24-17-37-30(39-24)26-9-6-14-41(26)31(42)27(40-32(43)44-2)21-7-4-3-5-8-21/h3-5,7-8,10-13,15-19,26-27H,6,9,14,33H2,1-2H3,(H,36,38)(H,37,39)(H,40,43)/t19-,26-,27+/m0/s1. The topological polar surface area (TPSA) is 168 Å². The molecule has 1 saturated heterocycles. The van der Waals surface area contributed by atoms with Gasteiger partial charge in [-0.1, -0.05) is 54.6 Å². The fourth-order valence-electron chi connectivity index (χ4n) is 5.37. The maximum Gasteiger partial charge on any atom is 0.407 e. The molecule has 44 heavy (non-hydrogen) atoms. The van der Waals surface area contributed by atoms with E-state index in [0.29, 0.717) is 29.6 Å². The maximum atomic E-state index is 13.8. The number of benzene rings is 2. The normalized spacial score (nSPS) is 16.0. The molecule has 1 fully saturated rings. The molecule has 224 valence electrons. The Morgan fingerprint density at radius 1 is 0.909 bits per heavy atom. The van der Waals surface area contributed by atoms with Crippen LogP contribution in [0.2, 0.25) is 0 Å². The van der Waals surface area contributed by atoms with Crippen LogP contribution in [0.4, 0.5) is 4.79 Å². The lowest BCUT2D eigenvalue weighted by Gasteiger charge is -2.28. The molecule has 5 N–H and O–H groups in total. The number of alkyl carbamates (subject to hydrolysis) is 1. The highest BCUT2D eigenvalue weighted by Crippen LogP contribution is 2.34. The molecule has 12 nitrogen and oxygen atoms in total. The minimum atomic E-state index is -0.867. The molecule has 0 unspecified atom stereocenters. The van der Waals surface area contributed by atoms with E-state index < -0.39 is 12.1 Å². The second-order valence-corrected chi connectivity index (χ2v) is 10.7. The highest BCUT2D eigenvalue weighted by molar-refractivity contribution is 5.87. The predicted octanol–water partition coefficient (Wildman–Crippen LogP) is 4.70. The Bertz CT molecular complexity index is 1730. The number of carbonyl (C=O) groups excluding carboxylic acids is 2. The van der Waals surface area contributed by atoms with Gasteiger partial charge in [0.25, 0.3) is 5.91 Å². The zero-order valence-corrected chi connectivity index (χ0v) is 24.4. The van der Waals surface area contributed by atoms with Gasteiger partial charge in [0.15, 0.2) is 5.82 Å². The zero-order valence-electron chi connectivity index (χ0n) is 24.4. The summed E-state index contributed by atoms with van der Waals surface area (Å²) in [4.78, 5) is 52.3. The third-order valence-corrected chi connectivity index (χ3v) is 7.72. The Morgan fingerprint density at radius 2 is 1.59 bits per heavy atom. The van der Waals surface area contributed by atoms with Crippen LogP contribution in [0.3, 0.4) is 0 Å². The summed E-state index contributed by atoms with van der Waals surface area (Å²) in [6, 6.07) is 15.8. The largest absolute Gasteiger partial charge is 0.453 e. The van der Waals surface area contributed by atoms with Crippen LogP contribution in [0, 0.1) is 0 Å². The van der Waals surface area contributed by atoms with Crippen LogP contribution in [0.5, 0.6) is 0 Å². The number of ether oxygens (including phenoxy) is 1. The number of aromatic nitrogens is 6. The van der Waals surface area contributed by atoms with E-state index in [4.69, 9.17) is 10.5 Å². The molecular weight excluding hydrogens is 558 g/mol. The van der Waals surface area contributed by atoms with Crippen molar-refractivity contribution >= 4 is 12.0 Å². The van der Waals surface area contributed by atoms with Gasteiger partial charge in [-0.15, -0.1) is 0 Å². The number of likely N-dealkylation sites (tertiary alicyclic amines) is 1. The van der Waals surface area contributed by atoms with E-state index in [0.717, 1.165) is 40.9 Å². The third kappa shape index (κ3) is 5.92. The first-order valence-electron chi connectivity index (χ1n) is 14.4. The first-order valence-corrected chi connectivity index (χ1v) is 14.4. The summed E-state index contributed by atoms with van der Waals surface area (Å²) in [7, 11) is 1.28. The molecule has 0 spiro atoms. The summed E-state index contributed by atoms with van der Waals surface area (Å²) in [6.45, 7) is 2.43. The van der Waals surface area contributed by atoms with Crippen LogP contribution in [0.15, 0.2) is 79.4 Å². The van der Waals surface area contributed by atoms with Crippen molar-refractivity contribution in [2.45, 2.75) is 37.9 Å². The quantitative estimate of drug-likeness (QED) is 0.201. The van der Waals surface area contributed by atoms with E-state index in [2.05, 4.69) is 35.2 Å². The van der Waals surface area contributed by atoms with Gasteiger partial charge in [-0.25, -0.2) is 24.7 Å². The van der Waals surface area contributed by atoms with Crippen molar-refractivity contribution in [2.24, 2.45) is 5.73 Å². The summed E-state index contributed by atoms with van der Waals surface area (Å²) in [5.41, 5.74) is 10.9. The van der Waals surface area contributed by atoms with Crippen molar-refractivity contribution < 1.29 is 14.3 Å². The third-order valence-electron chi connectivity index (χ3n) is 7.72. The first-order chi connectivity index (χ1) is 21.4. The fraction of sp³-hybridized carbons (Fsp3) is 0.250. The summed E-state index contributed by atoms with van der Waals surface area (Å²) < 4.78 is 4.79. The SMILES string of the molecule is COC(=O)N[C@@H](C(=O)N1CCC[C@H]1c1ncc(-c2ccc(-c3ncc(-c4cnc([C@H](C)N)[nH]4)cn3)cc2)[nH]1)c1ccccc1. The number of carbonyl (C=O) groups is 2. The number of aromatic amines is 2. The lowest BCUT2D eigenvalue weighted by molar-refractivity contribution is -0.134. The number of nitrogens with zero attached hydrogens (tertiary/aromatic N) is 5. The number of rotatable bonds is 8. The molecule has 3 atom stereocenters. The molecule has 0 saturated carbocycles. The van der Waals surface area contributed by atoms with E-state index in [1.54, 1.807) is 29.7 Å². The molecule has 5 aromatic rings. The van der Waals surface area contributed by atoms with Crippen LogP contribution in [-0.4, -0.2) is 60.5 Å². The van der Waals surface area contributed by atoms with Gasteiger partial charge in [-0.3, -0.25) is 4.79 Å². The lowest BCUT2D eigenvalue weighted by atomic mass is 10.1. The number of hydrogen-bond acceptors (Lipinski definition) is 8. The number of methoxy groups -OCH3 is 1. The fourth-order valence-corrected chi connectivity index (χ4v) is 5.37. The van der Waals surface area contributed by atoms with Crippen LogP contribution in [0.25, 0.3) is 33.9 Å². The molecule has 4 heterocycles. The van der Waals surface area contributed by atoms with E-state index in [-0.39, 0.29) is 18.0 Å². The van der Waals surface area contributed by atoms with Crippen molar-refractivity contribution in [1.29, 1.82) is 0 Å². The van der Waals surface area contributed by atoms with Crippen molar-refractivity contribution in [2.75, 3.05) is 13.7 Å². The maximum absolute atomic E-state index is 13.8. The van der Waals surface area contributed by atoms with Crippen LogP contribution in [-0.2, 0) is 9.53 Å². The van der Waals surface area contributed by atoms with E-state index in [1.165, 1.54) is 7.11 Å². The Balaban J connectivity index is 1.17. The van der Waals surface area contributed by atoms with Gasteiger partial charge in [0.2, 0.25) is 0 Å². The number of hydrogen-bond donors (Lipinski definition) is 4. The average molecular weight is 592 g/mol. The molecule has 3 aromatic heterocycles. The molecule has 2 aromatic carbocycles. The Morgan fingerprint density at radius 3 is 2.27 bits per heavy atom. The van der Waals surface area contributed by atoms with Gasteiger partial charge in [0, 0.05) is 30.1 Å².